The van der Waals surface area contributed by atoms with Crippen molar-refractivity contribution in [1.82, 2.24) is 10.2 Å². The number of nitrogens with one attached hydrogen (secondary N) is 1. The van der Waals surface area contributed by atoms with Crippen molar-refractivity contribution in [2.24, 2.45) is 0 Å². The van der Waals surface area contributed by atoms with E-state index in [-0.39, 0.29) is 18.0 Å². The fourth-order valence-electron chi connectivity index (χ4n) is 3.18. The molecule has 124 valence electrons. The van der Waals surface area contributed by atoms with Gasteiger partial charge in [0.2, 0.25) is 0 Å². The molecule has 2 aromatic carbocycles. The molecule has 1 fully saturated rings. The second kappa shape index (κ2) is 7.58. The van der Waals surface area contributed by atoms with Crippen molar-refractivity contribution in [1.29, 1.82) is 0 Å². The lowest BCUT2D eigenvalue weighted by molar-refractivity contribution is -0.128. The lowest BCUT2D eigenvalue weighted by Gasteiger charge is -2.27. The normalized spacial score (nSPS) is 18.5. The average Bonchev–Trinajstić information content (AvgIpc) is 2.86. The predicted molar refractivity (Wildman–Crippen MR) is 101 cm³/mol. The molecule has 1 aliphatic rings. The first-order valence-electron chi connectivity index (χ1n) is 8.39. The van der Waals surface area contributed by atoms with Crippen LogP contribution in [-0.2, 0) is 11.2 Å². The molecule has 2 atom stereocenters. The Labute approximate surface area is 148 Å². The minimum Gasteiger partial charge on any atom is -0.351 e. The number of benzene rings is 2. The summed E-state index contributed by atoms with van der Waals surface area (Å²) in [7, 11) is 0. The molecule has 2 aromatic rings. The van der Waals surface area contributed by atoms with Crippen LogP contribution >= 0.6 is 12.2 Å². The predicted octanol–water partition coefficient (Wildman–Crippen LogP) is 3.86. The van der Waals surface area contributed by atoms with E-state index < -0.39 is 0 Å². The van der Waals surface area contributed by atoms with Gasteiger partial charge in [0.15, 0.2) is 5.11 Å². The van der Waals surface area contributed by atoms with Gasteiger partial charge in [-0.2, -0.15) is 0 Å². The number of hydrogen-bond donors (Lipinski definition) is 1. The highest BCUT2D eigenvalue weighted by Crippen LogP contribution is 2.29. The molecule has 4 heteroatoms. The summed E-state index contributed by atoms with van der Waals surface area (Å²) in [6.07, 6.45) is 2.89. The van der Waals surface area contributed by atoms with Gasteiger partial charge in [0.1, 0.15) is 6.04 Å². The van der Waals surface area contributed by atoms with Crippen molar-refractivity contribution < 1.29 is 4.79 Å². The van der Waals surface area contributed by atoms with E-state index in [0.717, 1.165) is 24.8 Å². The number of thiocarbonyl (C=S) groups is 1. The topological polar surface area (TPSA) is 32.3 Å². The number of hydrogen-bond acceptors (Lipinski definition) is 2. The van der Waals surface area contributed by atoms with E-state index in [9.17, 15) is 4.79 Å². The summed E-state index contributed by atoms with van der Waals surface area (Å²) in [4.78, 5) is 14.3. The lowest BCUT2D eigenvalue weighted by atomic mass is 9.97. The van der Waals surface area contributed by atoms with E-state index in [0.29, 0.717) is 5.11 Å². The van der Waals surface area contributed by atoms with Gasteiger partial charge in [0.05, 0.1) is 6.04 Å². The lowest BCUT2D eigenvalue weighted by Crippen LogP contribution is -2.35. The van der Waals surface area contributed by atoms with Crippen LogP contribution in [0.1, 0.15) is 36.9 Å². The third-order valence-electron chi connectivity index (χ3n) is 4.45. The smallest absolute Gasteiger partial charge is 0.251 e. The number of nitrogens with zero attached hydrogens (tertiary/aromatic N) is 1. The molecule has 0 radical (unpaired) electrons. The summed E-state index contributed by atoms with van der Waals surface area (Å²) in [6.45, 7) is 1.86. The molecule has 3 nitrogen and oxygen atoms in total. The molecule has 1 aliphatic heterocycles. The first kappa shape index (κ1) is 16.7. The van der Waals surface area contributed by atoms with Crippen LogP contribution in [0.15, 0.2) is 60.7 Å². The Bertz CT molecular complexity index is 702. The number of carbonyl (C=O) groups excluding carboxylic acids is 1. The zero-order chi connectivity index (χ0) is 16.9. The Morgan fingerprint density at radius 1 is 1.08 bits per heavy atom. The fourth-order valence-corrected chi connectivity index (χ4v) is 3.58. The van der Waals surface area contributed by atoms with Gasteiger partial charge in [-0.3, -0.25) is 9.69 Å². The fraction of sp³-hybridized carbons (Fsp3) is 0.300. The van der Waals surface area contributed by atoms with Crippen LogP contribution in [0.2, 0.25) is 0 Å². The van der Waals surface area contributed by atoms with Crippen LogP contribution in [0.4, 0.5) is 0 Å². The molecular weight excluding hydrogens is 316 g/mol. The van der Waals surface area contributed by atoms with Crippen LogP contribution in [0.3, 0.4) is 0 Å². The minimum absolute atomic E-state index is 0.00707. The Morgan fingerprint density at radius 3 is 2.29 bits per heavy atom. The zero-order valence-electron chi connectivity index (χ0n) is 13.8. The molecule has 2 unspecified atom stereocenters. The van der Waals surface area contributed by atoms with Gasteiger partial charge in [0.25, 0.3) is 5.91 Å². The molecule has 0 saturated carbocycles. The Hall–Kier alpha value is -2.20. The van der Waals surface area contributed by atoms with Crippen molar-refractivity contribution in [2.75, 3.05) is 0 Å². The summed E-state index contributed by atoms with van der Waals surface area (Å²) < 4.78 is 0. The zero-order valence-corrected chi connectivity index (χ0v) is 14.6. The maximum atomic E-state index is 12.5. The van der Waals surface area contributed by atoms with Gasteiger partial charge in [-0.1, -0.05) is 60.7 Å². The molecule has 0 aromatic heterocycles. The molecular formula is C20H22N2OS. The Morgan fingerprint density at radius 2 is 1.71 bits per heavy atom. The number of amides is 1. The molecule has 1 saturated heterocycles. The van der Waals surface area contributed by atoms with E-state index >= 15 is 0 Å². The van der Waals surface area contributed by atoms with Crippen molar-refractivity contribution in [3.63, 3.8) is 0 Å². The first-order chi connectivity index (χ1) is 11.7. The molecule has 3 rings (SSSR count). The number of rotatable bonds is 6. The summed E-state index contributed by atoms with van der Waals surface area (Å²) in [5, 5.41) is 3.63. The maximum absolute atomic E-state index is 12.5. The van der Waals surface area contributed by atoms with Gasteiger partial charge in [-0.05, 0) is 49.5 Å². The quantitative estimate of drug-likeness (QED) is 0.812. The second-order valence-electron chi connectivity index (χ2n) is 6.18. The van der Waals surface area contributed by atoms with Crippen LogP contribution in [0, 0.1) is 0 Å². The highest BCUT2D eigenvalue weighted by atomic mass is 32.1. The van der Waals surface area contributed by atoms with Crippen LogP contribution in [0.25, 0.3) is 0 Å². The third kappa shape index (κ3) is 3.65. The van der Waals surface area contributed by atoms with Crippen LogP contribution < -0.4 is 5.32 Å². The maximum Gasteiger partial charge on any atom is 0.251 e. The Kier molecular flexibility index (Phi) is 5.26. The number of aryl methyl sites for hydroxylation is 1. The SMILES string of the molecule is CC1NC(=S)N(C(CCCc2ccccc2)c2ccccc2)C1=O. The standard InChI is InChI=1S/C20H22N2OS/c1-15-19(23)22(20(24)21-15)18(17-12-6-3-7-13-17)14-8-11-16-9-4-2-5-10-16/h2-7,9-10,12-13,15,18H,8,11,14H2,1H3,(H,21,24). The van der Waals surface area contributed by atoms with Crippen LogP contribution in [0.5, 0.6) is 0 Å². The first-order valence-corrected chi connectivity index (χ1v) is 8.80. The molecule has 1 heterocycles. The summed E-state index contributed by atoms with van der Waals surface area (Å²) in [6, 6.07) is 20.4. The van der Waals surface area contributed by atoms with E-state index in [1.54, 1.807) is 4.90 Å². The van der Waals surface area contributed by atoms with E-state index in [4.69, 9.17) is 12.2 Å². The average molecular weight is 338 g/mol. The summed E-state index contributed by atoms with van der Waals surface area (Å²) in [5.74, 6) is 0.0635. The van der Waals surface area contributed by atoms with E-state index in [1.165, 1.54) is 5.56 Å². The van der Waals surface area contributed by atoms with Gasteiger partial charge in [0, 0.05) is 0 Å². The molecule has 1 N–H and O–H groups in total. The monoisotopic (exact) mass is 338 g/mol. The van der Waals surface area contributed by atoms with E-state index in [2.05, 4.69) is 41.7 Å². The summed E-state index contributed by atoms with van der Waals surface area (Å²) in [5.41, 5.74) is 2.46. The third-order valence-corrected chi connectivity index (χ3v) is 4.76. The van der Waals surface area contributed by atoms with Crippen molar-refractivity contribution in [3.8, 4) is 0 Å². The molecule has 0 aliphatic carbocycles. The molecule has 24 heavy (non-hydrogen) atoms. The van der Waals surface area contributed by atoms with Crippen molar-refractivity contribution >= 4 is 23.2 Å². The van der Waals surface area contributed by atoms with Crippen LogP contribution in [-0.4, -0.2) is 22.0 Å². The largest absolute Gasteiger partial charge is 0.351 e. The van der Waals surface area contributed by atoms with Gasteiger partial charge in [-0.25, -0.2) is 0 Å². The van der Waals surface area contributed by atoms with Crippen molar-refractivity contribution in [3.05, 3.63) is 71.8 Å². The highest BCUT2D eigenvalue weighted by molar-refractivity contribution is 7.80. The Balaban J connectivity index is 1.76. The second-order valence-corrected chi connectivity index (χ2v) is 6.57. The van der Waals surface area contributed by atoms with Gasteiger partial charge >= 0.3 is 0 Å². The highest BCUT2D eigenvalue weighted by Gasteiger charge is 2.37. The molecule has 1 amide bonds. The molecule has 0 spiro atoms. The van der Waals surface area contributed by atoms with Gasteiger partial charge in [-0.15, -0.1) is 0 Å². The summed E-state index contributed by atoms with van der Waals surface area (Å²) >= 11 is 5.41. The molecule has 0 bridgehead atoms. The van der Waals surface area contributed by atoms with E-state index in [1.807, 2.05) is 31.2 Å². The van der Waals surface area contributed by atoms with Gasteiger partial charge < -0.3 is 5.32 Å². The number of carbonyl (C=O) groups is 1. The minimum atomic E-state index is -0.238. The van der Waals surface area contributed by atoms with Crippen molar-refractivity contribution in [2.45, 2.75) is 38.3 Å².